The van der Waals surface area contributed by atoms with Gasteiger partial charge in [-0.1, -0.05) is 22.9 Å². The second-order valence-corrected chi connectivity index (χ2v) is 5.90. The van der Waals surface area contributed by atoms with Crippen molar-refractivity contribution in [3.63, 3.8) is 0 Å². The number of nitrogens with zero attached hydrogens (tertiary/aromatic N) is 1. The first kappa shape index (κ1) is 8.96. The predicted octanol–water partition coefficient (Wildman–Crippen LogP) is 1.51. The number of aryl methyl sites for hydroxylation is 1. The van der Waals surface area contributed by atoms with Crippen LogP contribution in [-0.2, 0) is 9.84 Å². The van der Waals surface area contributed by atoms with Crippen molar-refractivity contribution in [2.24, 2.45) is 0 Å². The number of rotatable bonds is 1. The number of hydrogen-bond acceptors (Lipinski definition) is 4. The van der Waals surface area contributed by atoms with E-state index in [9.17, 15) is 8.42 Å². The molecule has 1 aromatic rings. The molecule has 0 saturated carbocycles. The Morgan fingerprint density at radius 2 is 2.09 bits per heavy atom. The largest absolute Gasteiger partial charge is 0.229 e. The van der Waals surface area contributed by atoms with Gasteiger partial charge in [0.15, 0.2) is 0 Å². The highest BCUT2D eigenvalue weighted by Gasteiger charge is 2.14. The van der Waals surface area contributed by atoms with Crippen molar-refractivity contribution in [3.8, 4) is 0 Å². The fourth-order valence-corrected chi connectivity index (χ4v) is 2.60. The van der Waals surface area contributed by atoms with Crippen LogP contribution in [0.4, 0.5) is 0 Å². The molecular weight excluding hydrogens is 206 g/mol. The summed E-state index contributed by atoms with van der Waals surface area (Å²) in [6, 6.07) is 0. The van der Waals surface area contributed by atoms with Crippen molar-refractivity contribution in [2.75, 3.05) is 6.26 Å². The van der Waals surface area contributed by atoms with Crippen LogP contribution < -0.4 is 0 Å². The maximum atomic E-state index is 10.9. The Kier molecular flexibility index (Phi) is 2.22. The first-order valence-corrected chi connectivity index (χ1v) is 5.83. The number of hydrogen-bond donors (Lipinski definition) is 0. The van der Waals surface area contributed by atoms with Crippen LogP contribution >= 0.6 is 22.9 Å². The Hall–Kier alpha value is -0.130. The molecule has 0 atom stereocenters. The van der Waals surface area contributed by atoms with Crippen LogP contribution in [0.1, 0.15) is 5.69 Å². The zero-order chi connectivity index (χ0) is 8.65. The topological polar surface area (TPSA) is 47.0 Å². The molecular formula is C5H6ClNO2S2. The third-order valence-corrected chi connectivity index (χ3v) is 4.17. The quantitative estimate of drug-likeness (QED) is 0.708. The molecule has 0 N–H and O–H groups in total. The van der Waals surface area contributed by atoms with Crippen molar-refractivity contribution in [1.29, 1.82) is 0 Å². The third-order valence-electron chi connectivity index (χ3n) is 1.04. The first-order valence-electron chi connectivity index (χ1n) is 2.74. The van der Waals surface area contributed by atoms with E-state index in [1.54, 1.807) is 6.92 Å². The summed E-state index contributed by atoms with van der Waals surface area (Å²) < 4.78 is 22.3. The average molecular weight is 212 g/mol. The van der Waals surface area contributed by atoms with E-state index in [1.165, 1.54) is 0 Å². The molecule has 11 heavy (non-hydrogen) atoms. The molecule has 3 nitrogen and oxygen atoms in total. The van der Waals surface area contributed by atoms with Crippen molar-refractivity contribution in [1.82, 2.24) is 4.98 Å². The highest BCUT2D eigenvalue weighted by molar-refractivity contribution is 7.92. The summed E-state index contributed by atoms with van der Waals surface area (Å²) >= 11 is 6.61. The van der Waals surface area contributed by atoms with Gasteiger partial charge in [0, 0.05) is 6.26 Å². The Labute approximate surface area is 73.9 Å². The molecule has 0 aromatic carbocycles. The van der Waals surface area contributed by atoms with E-state index >= 15 is 0 Å². The average Bonchev–Trinajstić information content (AvgIpc) is 2.11. The SMILES string of the molecule is Cc1nc(S(C)(=O)=O)sc1Cl. The summed E-state index contributed by atoms with van der Waals surface area (Å²) in [5.74, 6) is 0. The van der Waals surface area contributed by atoms with Crippen LogP contribution in [0.5, 0.6) is 0 Å². The lowest BCUT2D eigenvalue weighted by Crippen LogP contribution is -1.95. The Bertz CT molecular complexity index is 348. The maximum absolute atomic E-state index is 10.9. The monoisotopic (exact) mass is 211 g/mol. The lowest BCUT2D eigenvalue weighted by molar-refractivity contribution is 0.601. The Morgan fingerprint density at radius 3 is 2.27 bits per heavy atom. The van der Waals surface area contributed by atoms with Crippen molar-refractivity contribution < 1.29 is 8.42 Å². The van der Waals surface area contributed by atoms with Gasteiger partial charge in [0.1, 0.15) is 4.34 Å². The highest BCUT2D eigenvalue weighted by Crippen LogP contribution is 2.26. The first-order chi connectivity index (χ1) is 4.91. The van der Waals surface area contributed by atoms with Gasteiger partial charge in [-0.3, -0.25) is 0 Å². The molecule has 0 unspecified atom stereocenters. The van der Waals surface area contributed by atoms with Crippen LogP contribution in [0.2, 0.25) is 4.34 Å². The molecule has 1 rings (SSSR count). The number of sulfone groups is 1. The molecule has 6 heteroatoms. The van der Waals surface area contributed by atoms with Gasteiger partial charge in [0.05, 0.1) is 5.69 Å². The molecule has 0 amide bonds. The molecule has 0 fully saturated rings. The van der Waals surface area contributed by atoms with E-state index < -0.39 is 9.84 Å². The Balaban J connectivity index is 3.29. The number of aromatic nitrogens is 1. The van der Waals surface area contributed by atoms with Gasteiger partial charge in [0.2, 0.25) is 14.2 Å². The van der Waals surface area contributed by atoms with Gasteiger partial charge in [-0.15, -0.1) is 0 Å². The predicted molar refractivity (Wildman–Crippen MR) is 45.0 cm³/mol. The van der Waals surface area contributed by atoms with Gasteiger partial charge >= 0.3 is 0 Å². The molecule has 0 spiro atoms. The molecule has 0 aliphatic rings. The third kappa shape index (κ3) is 1.91. The van der Waals surface area contributed by atoms with E-state index in [0.717, 1.165) is 17.6 Å². The fourth-order valence-electron chi connectivity index (χ4n) is 0.513. The highest BCUT2D eigenvalue weighted by atomic mass is 35.5. The molecule has 0 radical (unpaired) electrons. The van der Waals surface area contributed by atoms with Crippen molar-refractivity contribution in [2.45, 2.75) is 11.3 Å². The molecule has 1 heterocycles. The molecule has 0 aliphatic carbocycles. The molecule has 0 saturated heterocycles. The fraction of sp³-hybridized carbons (Fsp3) is 0.400. The second kappa shape index (κ2) is 2.73. The standard InChI is InChI=1S/C5H6ClNO2S2/c1-3-4(6)10-5(7-3)11(2,8)9/h1-2H3. The van der Waals surface area contributed by atoms with Gasteiger partial charge in [-0.2, -0.15) is 0 Å². The molecule has 0 aliphatic heterocycles. The van der Waals surface area contributed by atoms with Gasteiger partial charge < -0.3 is 0 Å². The zero-order valence-electron chi connectivity index (χ0n) is 5.96. The molecule has 62 valence electrons. The molecule has 0 bridgehead atoms. The number of halogens is 1. The van der Waals surface area contributed by atoms with Gasteiger partial charge in [0.25, 0.3) is 0 Å². The van der Waals surface area contributed by atoms with E-state index in [2.05, 4.69) is 4.98 Å². The smallest absolute Gasteiger partial charge is 0.210 e. The van der Waals surface area contributed by atoms with Gasteiger partial charge in [-0.25, -0.2) is 13.4 Å². The van der Waals surface area contributed by atoms with E-state index in [0.29, 0.717) is 10.0 Å². The summed E-state index contributed by atoms with van der Waals surface area (Å²) in [5, 5.41) is 0. The van der Waals surface area contributed by atoms with E-state index in [-0.39, 0.29) is 4.34 Å². The van der Waals surface area contributed by atoms with E-state index in [1.807, 2.05) is 0 Å². The van der Waals surface area contributed by atoms with Crippen molar-refractivity contribution >= 4 is 32.8 Å². The van der Waals surface area contributed by atoms with Crippen molar-refractivity contribution in [3.05, 3.63) is 10.0 Å². The Morgan fingerprint density at radius 1 is 1.55 bits per heavy atom. The normalized spacial score (nSPS) is 11.9. The maximum Gasteiger partial charge on any atom is 0.210 e. The zero-order valence-corrected chi connectivity index (χ0v) is 8.35. The lowest BCUT2D eigenvalue weighted by atomic mass is 10.6. The van der Waals surface area contributed by atoms with Crippen LogP contribution in [0.3, 0.4) is 0 Å². The summed E-state index contributed by atoms with van der Waals surface area (Å²) in [6.45, 7) is 1.67. The van der Waals surface area contributed by atoms with Crippen LogP contribution in [-0.4, -0.2) is 19.7 Å². The minimum atomic E-state index is -3.18. The second-order valence-electron chi connectivity index (χ2n) is 2.11. The minimum absolute atomic E-state index is 0.0833. The van der Waals surface area contributed by atoms with Crippen LogP contribution in [0.15, 0.2) is 4.34 Å². The van der Waals surface area contributed by atoms with Crippen LogP contribution in [0.25, 0.3) is 0 Å². The molecule has 1 aromatic heterocycles. The number of thiazole rings is 1. The minimum Gasteiger partial charge on any atom is -0.229 e. The summed E-state index contributed by atoms with van der Waals surface area (Å²) in [7, 11) is -3.18. The van der Waals surface area contributed by atoms with E-state index in [4.69, 9.17) is 11.6 Å². The lowest BCUT2D eigenvalue weighted by Gasteiger charge is -1.85. The van der Waals surface area contributed by atoms with Crippen LogP contribution in [0, 0.1) is 6.92 Å². The summed E-state index contributed by atoms with van der Waals surface area (Å²) in [6.07, 6.45) is 1.11. The van der Waals surface area contributed by atoms with Gasteiger partial charge in [-0.05, 0) is 6.92 Å². The summed E-state index contributed by atoms with van der Waals surface area (Å²) in [5.41, 5.74) is 0.567. The summed E-state index contributed by atoms with van der Waals surface area (Å²) in [4.78, 5) is 3.78.